The van der Waals surface area contributed by atoms with Gasteiger partial charge in [0.15, 0.2) is 5.69 Å². The van der Waals surface area contributed by atoms with Gasteiger partial charge in [-0.25, -0.2) is 9.78 Å². The van der Waals surface area contributed by atoms with Crippen LogP contribution in [0.5, 0.6) is 0 Å². The number of carbonyl (C=O) groups excluding carboxylic acids is 1. The van der Waals surface area contributed by atoms with Crippen molar-refractivity contribution in [2.75, 3.05) is 5.32 Å². The van der Waals surface area contributed by atoms with E-state index in [0.717, 1.165) is 16.9 Å². The number of aromatic nitrogens is 1. The van der Waals surface area contributed by atoms with Gasteiger partial charge in [0.1, 0.15) is 5.01 Å². The predicted octanol–water partition coefficient (Wildman–Crippen LogP) is 3.55. The first-order valence-corrected chi connectivity index (χ1v) is 7.40. The van der Waals surface area contributed by atoms with Gasteiger partial charge in [-0.3, -0.25) is 4.79 Å². The summed E-state index contributed by atoms with van der Waals surface area (Å²) in [6.07, 6.45) is 0. The Balaban J connectivity index is 2.15. The highest BCUT2D eigenvalue weighted by Crippen LogP contribution is 2.26. The highest BCUT2D eigenvalue weighted by molar-refractivity contribution is 7.10. The molecule has 1 heterocycles. The monoisotopic (exact) mass is 324 g/mol. The number of benzene rings is 1. The number of nitrogens with zero attached hydrogens (tertiary/aromatic N) is 1. The van der Waals surface area contributed by atoms with E-state index in [1.165, 1.54) is 5.38 Å². The van der Waals surface area contributed by atoms with Gasteiger partial charge in [0, 0.05) is 16.1 Å². The minimum absolute atomic E-state index is 0.0476. The molecular formula is C14H13ClN2O3S. The van der Waals surface area contributed by atoms with Crippen molar-refractivity contribution in [2.45, 2.75) is 19.8 Å². The van der Waals surface area contributed by atoms with Crippen molar-refractivity contribution < 1.29 is 14.7 Å². The molecule has 110 valence electrons. The van der Waals surface area contributed by atoms with E-state index in [1.807, 2.05) is 6.92 Å². The summed E-state index contributed by atoms with van der Waals surface area (Å²) in [5.41, 5.74) is 1.37. The van der Waals surface area contributed by atoms with Crippen LogP contribution < -0.4 is 5.32 Å². The number of nitrogens with one attached hydrogen (secondary N) is 1. The summed E-state index contributed by atoms with van der Waals surface area (Å²) in [5.74, 6) is -1.90. The minimum atomic E-state index is -1.10. The summed E-state index contributed by atoms with van der Waals surface area (Å²) in [6, 6.07) is 5.26. The molecule has 21 heavy (non-hydrogen) atoms. The SMILES string of the molecule is Cc1c(Cl)cccc1NC(=O)[C@@H](C)c1nc(C(=O)O)cs1. The summed E-state index contributed by atoms with van der Waals surface area (Å²) in [6.45, 7) is 3.49. The van der Waals surface area contributed by atoms with E-state index in [-0.39, 0.29) is 11.6 Å². The number of hydrogen-bond acceptors (Lipinski definition) is 4. The molecule has 0 radical (unpaired) electrons. The fourth-order valence-electron chi connectivity index (χ4n) is 1.68. The lowest BCUT2D eigenvalue weighted by molar-refractivity contribution is -0.117. The van der Waals surface area contributed by atoms with Gasteiger partial charge in [0.2, 0.25) is 5.91 Å². The average molecular weight is 325 g/mol. The van der Waals surface area contributed by atoms with Crippen molar-refractivity contribution >= 4 is 40.5 Å². The van der Waals surface area contributed by atoms with E-state index in [2.05, 4.69) is 10.3 Å². The molecule has 1 aromatic carbocycles. The first kappa shape index (κ1) is 15.5. The van der Waals surface area contributed by atoms with Crippen molar-refractivity contribution in [3.05, 3.63) is 44.9 Å². The van der Waals surface area contributed by atoms with Gasteiger partial charge in [-0.15, -0.1) is 11.3 Å². The Morgan fingerprint density at radius 2 is 2.14 bits per heavy atom. The number of amides is 1. The largest absolute Gasteiger partial charge is 0.476 e. The van der Waals surface area contributed by atoms with Gasteiger partial charge in [-0.05, 0) is 31.5 Å². The van der Waals surface area contributed by atoms with Gasteiger partial charge in [0.05, 0.1) is 5.92 Å². The quantitative estimate of drug-likeness (QED) is 0.901. The summed E-state index contributed by atoms with van der Waals surface area (Å²) in [7, 11) is 0. The molecule has 0 spiro atoms. The van der Waals surface area contributed by atoms with E-state index >= 15 is 0 Å². The summed E-state index contributed by atoms with van der Waals surface area (Å²) in [4.78, 5) is 27.0. The molecule has 0 saturated carbocycles. The van der Waals surface area contributed by atoms with Crippen LogP contribution in [0.2, 0.25) is 5.02 Å². The van der Waals surface area contributed by atoms with Crippen LogP contribution in [0.15, 0.2) is 23.6 Å². The van der Waals surface area contributed by atoms with E-state index in [1.54, 1.807) is 25.1 Å². The Hall–Kier alpha value is -1.92. The van der Waals surface area contributed by atoms with Crippen LogP contribution >= 0.6 is 22.9 Å². The Labute approximate surface area is 130 Å². The molecule has 5 nitrogen and oxygen atoms in total. The number of hydrogen-bond donors (Lipinski definition) is 2. The first-order chi connectivity index (χ1) is 9.90. The van der Waals surface area contributed by atoms with Crippen LogP contribution in [-0.2, 0) is 4.79 Å². The summed E-state index contributed by atoms with van der Waals surface area (Å²) < 4.78 is 0. The van der Waals surface area contributed by atoms with E-state index in [9.17, 15) is 9.59 Å². The first-order valence-electron chi connectivity index (χ1n) is 6.15. The zero-order chi connectivity index (χ0) is 15.6. The van der Waals surface area contributed by atoms with E-state index < -0.39 is 11.9 Å². The number of rotatable bonds is 4. The molecule has 2 aromatic rings. The van der Waals surface area contributed by atoms with Crippen LogP contribution in [-0.4, -0.2) is 22.0 Å². The molecule has 2 N–H and O–H groups in total. The maximum atomic E-state index is 12.2. The zero-order valence-corrected chi connectivity index (χ0v) is 13.0. The number of aromatic carboxylic acids is 1. The van der Waals surface area contributed by atoms with Crippen molar-refractivity contribution in [1.29, 1.82) is 0 Å². The molecule has 0 unspecified atom stereocenters. The lowest BCUT2D eigenvalue weighted by atomic mass is 10.1. The number of halogens is 1. The lowest BCUT2D eigenvalue weighted by Gasteiger charge is -2.12. The van der Waals surface area contributed by atoms with E-state index in [0.29, 0.717) is 15.7 Å². The number of thiazole rings is 1. The molecule has 1 amide bonds. The molecule has 0 fully saturated rings. The summed E-state index contributed by atoms with van der Waals surface area (Å²) in [5, 5.41) is 14.1. The number of anilines is 1. The molecule has 1 atom stereocenters. The van der Waals surface area contributed by atoms with Crippen LogP contribution in [0.4, 0.5) is 5.69 Å². The Bertz CT molecular complexity index is 699. The topological polar surface area (TPSA) is 79.3 Å². The molecule has 0 bridgehead atoms. The smallest absolute Gasteiger partial charge is 0.355 e. The zero-order valence-electron chi connectivity index (χ0n) is 11.4. The molecule has 0 aliphatic heterocycles. The van der Waals surface area contributed by atoms with Crippen LogP contribution in [0.3, 0.4) is 0 Å². The second-order valence-electron chi connectivity index (χ2n) is 4.50. The number of carbonyl (C=O) groups is 2. The molecule has 2 rings (SSSR count). The second-order valence-corrected chi connectivity index (χ2v) is 5.80. The molecule has 1 aromatic heterocycles. The van der Waals surface area contributed by atoms with Gasteiger partial charge in [-0.1, -0.05) is 17.7 Å². The number of carboxylic acid groups (broad SMARTS) is 1. The van der Waals surface area contributed by atoms with Crippen molar-refractivity contribution in [3.8, 4) is 0 Å². The van der Waals surface area contributed by atoms with Gasteiger partial charge in [-0.2, -0.15) is 0 Å². The Morgan fingerprint density at radius 1 is 1.43 bits per heavy atom. The average Bonchev–Trinajstić information content (AvgIpc) is 2.93. The fourth-order valence-corrected chi connectivity index (χ4v) is 2.70. The lowest BCUT2D eigenvalue weighted by Crippen LogP contribution is -2.19. The van der Waals surface area contributed by atoms with Gasteiger partial charge in [0.25, 0.3) is 0 Å². The summed E-state index contributed by atoms with van der Waals surface area (Å²) >= 11 is 7.16. The molecule has 0 aliphatic rings. The van der Waals surface area contributed by atoms with Gasteiger partial charge < -0.3 is 10.4 Å². The number of carboxylic acids is 1. The third-order valence-corrected chi connectivity index (χ3v) is 4.47. The molecule has 0 aliphatic carbocycles. The van der Waals surface area contributed by atoms with Crippen LogP contribution in [0.1, 0.15) is 33.9 Å². The third-order valence-electron chi connectivity index (χ3n) is 3.03. The molecule has 7 heteroatoms. The standard InChI is InChI=1S/C14H13ClN2O3S/c1-7-9(15)4-3-5-10(7)16-12(18)8(2)13-17-11(6-21-13)14(19)20/h3-6,8H,1-2H3,(H,16,18)(H,19,20)/t8-/m1/s1. The Morgan fingerprint density at radius 3 is 2.76 bits per heavy atom. The van der Waals surface area contributed by atoms with Crippen molar-refractivity contribution in [3.63, 3.8) is 0 Å². The third kappa shape index (κ3) is 3.40. The van der Waals surface area contributed by atoms with Crippen molar-refractivity contribution in [2.24, 2.45) is 0 Å². The maximum Gasteiger partial charge on any atom is 0.355 e. The normalized spacial score (nSPS) is 12.0. The minimum Gasteiger partial charge on any atom is -0.476 e. The highest BCUT2D eigenvalue weighted by Gasteiger charge is 2.21. The van der Waals surface area contributed by atoms with Crippen LogP contribution in [0, 0.1) is 6.92 Å². The second kappa shape index (κ2) is 6.24. The maximum absolute atomic E-state index is 12.2. The fraction of sp³-hybridized carbons (Fsp3) is 0.214. The van der Waals surface area contributed by atoms with Gasteiger partial charge >= 0.3 is 5.97 Å². The van der Waals surface area contributed by atoms with Crippen LogP contribution in [0.25, 0.3) is 0 Å². The molecule has 0 saturated heterocycles. The van der Waals surface area contributed by atoms with Crippen molar-refractivity contribution in [1.82, 2.24) is 4.98 Å². The molecular weight excluding hydrogens is 312 g/mol. The van der Waals surface area contributed by atoms with E-state index in [4.69, 9.17) is 16.7 Å². The highest BCUT2D eigenvalue weighted by atomic mass is 35.5. The predicted molar refractivity (Wildman–Crippen MR) is 82.3 cm³/mol. The Kier molecular flexibility index (Phi) is 4.59.